The largest absolute Gasteiger partial charge is 0.478 e. The lowest BCUT2D eigenvalue weighted by Gasteiger charge is -2.10. The van der Waals surface area contributed by atoms with E-state index in [2.05, 4.69) is 0 Å². The van der Waals surface area contributed by atoms with Gasteiger partial charge in [-0.1, -0.05) is 18.2 Å². The number of primary amides is 1. The van der Waals surface area contributed by atoms with Crippen LogP contribution >= 0.6 is 0 Å². The first-order valence-electron chi connectivity index (χ1n) is 3.85. The summed E-state index contributed by atoms with van der Waals surface area (Å²) in [5, 5.41) is 8.58. The van der Waals surface area contributed by atoms with Crippen molar-refractivity contribution in [2.45, 2.75) is 6.10 Å². The Bertz CT molecular complexity index is 322. The van der Waals surface area contributed by atoms with Gasteiger partial charge in [0.25, 0.3) is 12.0 Å². The van der Waals surface area contributed by atoms with Crippen LogP contribution in [0.4, 0.5) is 0 Å². The number of hydrogen-bond acceptors (Lipinski definition) is 3. The summed E-state index contributed by atoms with van der Waals surface area (Å²) in [6.07, 6.45) is -1.64. The lowest BCUT2D eigenvalue weighted by Crippen LogP contribution is -2.40. The fraction of sp³-hybridized carbons (Fsp3) is 0.111. The summed E-state index contributed by atoms with van der Waals surface area (Å²) in [6.45, 7) is 0. The van der Waals surface area contributed by atoms with Gasteiger partial charge in [-0.3, -0.25) is 4.79 Å². The quantitative estimate of drug-likeness (QED) is 0.662. The van der Waals surface area contributed by atoms with Crippen LogP contribution in [0.5, 0.6) is 5.75 Å². The molecule has 0 radical (unpaired) electrons. The van der Waals surface area contributed by atoms with Gasteiger partial charge in [-0.25, -0.2) is 4.79 Å². The molecule has 1 aromatic carbocycles. The number of ether oxygens (including phenoxy) is 1. The topological polar surface area (TPSA) is 89.6 Å². The van der Waals surface area contributed by atoms with Crippen LogP contribution in [0.3, 0.4) is 0 Å². The van der Waals surface area contributed by atoms with E-state index in [1.807, 2.05) is 0 Å². The Labute approximate surface area is 80.1 Å². The molecule has 3 N–H and O–H groups in total. The minimum absolute atomic E-state index is 0.290. The van der Waals surface area contributed by atoms with Crippen LogP contribution in [0.25, 0.3) is 0 Å². The first-order chi connectivity index (χ1) is 6.61. The number of nitrogens with two attached hydrogens (primary N) is 1. The number of carbonyl (C=O) groups is 2. The van der Waals surface area contributed by atoms with Gasteiger partial charge in [0.2, 0.25) is 0 Å². The lowest BCUT2D eigenvalue weighted by atomic mass is 10.3. The van der Waals surface area contributed by atoms with Crippen molar-refractivity contribution in [2.24, 2.45) is 5.73 Å². The first kappa shape index (κ1) is 10.0. The van der Waals surface area contributed by atoms with Crippen LogP contribution in [0.2, 0.25) is 0 Å². The molecule has 5 heteroatoms. The molecule has 1 unspecified atom stereocenters. The van der Waals surface area contributed by atoms with Crippen LogP contribution in [-0.2, 0) is 9.59 Å². The van der Waals surface area contributed by atoms with Crippen LogP contribution in [0.1, 0.15) is 0 Å². The standard InChI is InChI=1S/C9H9NO4/c10-8(11)7(9(12)13)14-6-4-2-1-3-5-6/h1-5,7H,(H2,10,11)(H,12,13). The zero-order valence-electron chi connectivity index (χ0n) is 7.21. The van der Waals surface area contributed by atoms with E-state index in [9.17, 15) is 9.59 Å². The third-order valence-corrected chi connectivity index (χ3v) is 1.48. The lowest BCUT2D eigenvalue weighted by molar-refractivity contribution is -0.149. The maximum absolute atomic E-state index is 10.7. The fourth-order valence-electron chi connectivity index (χ4n) is 0.865. The molecule has 14 heavy (non-hydrogen) atoms. The molecule has 74 valence electrons. The minimum atomic E-state index is -1.64. The zero-order chi connectivity index (χ0) is 10.6. The summed E-state index contributed by atoms with van der Waals surface area (Å²) in [5.74, 6) is -2.14. The number of amides is 1. The van der Waals surface area contributed by atoms with Crippen molar-refractivity contribution in [3.63, 3.8) is 0 Å². The van der Waals surface area contributed by atoms with Crippen molar-refractivity contribution in [1.29, 1.82) is 0 Å². The second-order valence-corrected chi connectivity index (χ2v) is 2.55. The Morgan fingerprint density at radius 1 is 1.29 bits per heavy atom. The maximum atomic E-state index is 10.7. The molecule has 0 spiro atoms. The summed E-state index contributed by atoms with van der Waals surface area (Å²) >= 11 is 0. The fourth-order valence-corrected chi connectivity index (χ4v) is 0.865. The smallest absolute Gasteiger partial charge is 0.354 e. The third kappa shape index (κ3) is 2.48. The number of carboxylic acid groups (broad SMARTS) is 1. The van der Waals surface area contributed by atoms with Gasteiger partial charge in [0.05, 0.1) is 0 Å². The first-order valence-corrected chi connectivity index (χ1v) is 3.85. The van der Waals surface area contributed by atoms with E-state index < -0.39 is 18.0 Å². The van der Waals surface area contributed by atoms with Crippen LogP contribution < -0.4 is 10.5 Å². The number of hydrogen-bond donors (Lipinski definition) is 2. The molecule has 0 fully saturated rings. The molecule has 0 aliphatic rings. The van der Waals surface area contributed by atoms with Crippen molar-refractivity contribution < 1.29 is 19.4 Å². The highest BCUT2D eigenvalue weighted by Gasteiger charge is 2.25. The molecule has 0 aromatic heterocycles. The molecule has 0 aliphatic carbocycles. The third-order valence-electron chi connectivity index (χ3n) is 1.48. The summed E-state index contributed by atoms with van der Waals surface area (Å²) < 4.78 is 4.86. The Morgan fingerprint density at radius 2 is 1.86 bits per heavy atom. The molecule has 0 saturated carbocycles. The van der Waals surface area contributed by atoms with Gasteiger partial charge in [0.1, 0.15) is 5.75 Å². The minimum Gasteiger partial charge on any atom is -0.478 e. The summed E-state index contributed by atoms with van der Waals surface area (Å²) in [4.78, 5) is 21.2. The van der Waals surface area contributed by atoms with E-state index in [4.69, 9.17) is 15.6 Å². The molecule has 1 atom stereocenters. The molecular formula is C9H9NO4. The van der Waals surface area contributed by atoms with E-state index in [0.717, 1.165) is 0 Å². The molecule has 0 heterocycles. The highest BCUT2D eigenvalue weighted by molar-refractivity contribution is 5.99. The number of carbonyl (C=O) groups excluding carboxylic acids is 1. The SMILES string of the molecule is NC(=O)C(Oc1ccccc1)C(=O)O. The van der Waals surface area contributed by atoms with E-state index in [1.54, 1.807) is 30.3 Å². The second kappa shape index (κ2) is 4.27. The van der Waals surface area contributed by atoms with Crippen LogP contribution in [0.15, 0.2) is 30.3 Å². The van der Waals surface area contributed by atoms with Gasteiger partial charge in [-0.2, -0.15) is 0 Å². The molecular weight excluding hydrogens is 186 g/mol. The summed E-state index contributed by atoms with van der Waals surface area (Å²) in [5.41, 5.74) is 4.84. The molecule has 0 bridgehead atoms. The Balaban J connectivity index is 2.75. The number of benzene rings is 1. The van der Waals surface area contributed by atoms with Gasteiger partial charge in [0.15, 0.2) is 0 Å². The second-order valence-electron chi connectivity index (χ2n) is 2.55. The van der Waals surface area contributed by atoms with E-state index in [-0.39, 0.29) is 0 Å². The van der Waals surface area contributed by atoms with Gasteiger partial charge in [0, 0.05) is 0 Å². The van der Waals surface area contributed by atoms with Crippen LogP contribution in [0, 0.1) is 0 Å². The van der Waals surface area contributed by atoms with Gasteiger partial charge < -0.3 is 15.6 Å². The van der Waals surface area contributed by atoms with Crippen molar-refractivity contribution in [2.75, 3.05) is 0 Å². The number of carboxylic acids is 1. The predicted molar refractivity (Wildman–Crippen MR) is 47.7 cm³/mol. The number of para-hydroxylation sites is 1. The van der Waals surface area contributed by atoms with Crippen molar-refractivity contribution in [3.8, 4) is 5.75 Å². The maximum Gasteiger partial charge on any atom is 0.354 e. The van der Waals surface area contributed by atoms with Crippen molar-refractivity contribution in [3.05, 3.63) is 30.3 Å². The highest BCUT2D eigenvalue weighted by Crippen LogP contribution is 2.10. The van der Waals surface area contributed by atoms with Gasteiger partial charge >= 0.3 is 5.97 Å². The van der Waals surface area contributed by atoms with E-state index in [1.165, 1.54) is 0 Å². The van der Waals surface area contributed by atoms with Gasteiger partial charge in [-0.15, -0.1) is 0 Å². The molecule has 5 nitrogen and oxygen atoms in total. The predicted octanol–water partition coefficient (Wildman–Crippen LogP) is 0.00390. The van der Waals surface area contributed by atoms with Gasteiger partial charge in [-0.05, 0) is 12.1 Å². The Hall–Kier alpha value is -2.04. The summed E-state index contributed by atoms with van der Waals surface area (Å²) in [6, 6.07) is 8.15. The molecule has 1 aromatic rings. The molecule has 1 rings (SSSR count). The highest BCUT2D eigenvalue weighted by atomic mass is 16.5. The molecule has 0 saturated heterocycles. The number of aliphatic carboxylic acids is 1. The molecule has 1 amide bonds. The van der Waals surface area contributed by atoms with Crippen molar-refractivity contribution >= 4 is 11.9 Å². The van der Waals surface area contributed by atoms with Crippen LogP contribution in [-0.4, -0.2) is 23.1 Å². The molecule has 0 aliphatic heterocycles. The monoisotopic (exact) mass is 195 g/mol. The normalized spacial score (nSPS) is 11.7. The number of rotatable bonds is 4. The average Bonchev–Trinajstić information content (AvgIpc) is 2.15. The zero-order valence-corrected chi connectivity index (χ0v) is 7.21. The Morgan fingerprint density at radius 3 is 2.29 bits per heavy atom. The van der Waals surface area contributed by atoms with Crippen molar-refractivity contribution in [1.82, 2.24) is 0 Å². The average molecular weight is 195 g/mol. The Kier molecular flexibility index (Phi) is 3.06. The van der Waals surface area contributed by atoms with E-state index in [0.29, 0.717) is 5.75 Å². The summed E-state index contributed by atoms with van der Waals surface area (Å²) in [7, 11) is 0. The van der Waals surface area contributed by atoms with E-state index >= 15 is 0 Å².